The van der Waals surface area contributed by atoms with Crippen LogP contribution in [0.4, 0.5) is 0 Å². The molecule has 4 rings (SSSR count). The highest BCUT2D eigenvalue weighted by molar-refractivity contribution is 7.89. The Balaban J connectivity index is 1.30. The van der Waals surface area contributed by atoms with E-state index in [0.717, 1.165) is 31.8 Å². The van der Waals surface area contributed by atoms with Crippen LogP contribution in [0, 0.1) is 19.8 Å². The van der Waals surface area contributed by atoms with Gasteiger partial charge in [-0.25, -0.2) is 8.42 Å². The van der Waals surface area contributed by atoms with Gasteiger partial charge in [-0.1, -0.05) is 6.92 Å². The summed E-state index contributed by atoms with van der Waals surface area (Å²) in [5.74, 6) is 1.42. The number of methoxy groups -OCH3 is 1. The summed E-state index contributed by atoms with van der Waals surface area (Å²) in [6.07, 6.45) is 4.54. The van der Waals surface area contributed by atoms with Gasteiger partial charge < -0.3 is 24.0 Å². The van der Waals surface area contributed by atoms with E-state index >= 15 is 0 Å². The third kappa shape index (κ3) is 6.65. The standard InChI is InChI=1S/C27H43N3O6S/c1-20-5-9-28(10-6-20)23-7-11-29(12-8-23)26(31)19-36-18-24-17-35-14-13-30(24)37(32,33)27-21(2)15-25(34-4)16-22(27)3/h15-16,20,23-24H,5-14,17-19H2,1-4H3/t24-/m0/s1. The van der Waals surface area contributed by atoms with Crippen molar-refractivity contribution >= 4 is 15.9 Å². The van der Waals surface area contributed by atoms with E-state index in [1.807, 2.05) is 4.90 Å². The number of aryl methyl sites for hydroxylation is 2. The molecule has 3 aliphatic rings. The van der Waals surface area contributed by atoms with E-state index in [0.29, 0.717) is 34.4 Å². The highest BCUT2D eigenvalue weighted by atomic mass is 32.2. The first-order valence-corrected chi connectivity index (χ1v) is 15.0. The van der Waals surface area contributed by atoms with E-state index in [1.165, 1.54) is 30.2 Å². The summed E-state index contributed by atoms with van der Waals surface area (Å²) in [4.78, 5) is 17.6. The van der Waals surface area contributed by atoms with Crippen LogP contribution in [-0.4, -0.2) is 107 Å². The van der Waals surface area contributed by atoms with E-state index in [-0.39, 0.29) is 32.3 Å². The van der Waals surface area contributed by atoms with E-state index in [4.69, 9.17) is 14.2 Å². The molecule has 3 heterocycles. The summed E-state index contributed by atoms with van der Waals surface area (Å²) in [6, 6.07) is 3.55. The first-order chi connectivity index (χ1) is 17.7. The molecule has 3 fully saturated rings. The first kappa shape index (κ1) is 28.3. The zero-order valence-corrected chi connectivity index (χ0v) is 23.6. The molecule has 3 aliphatic heterocycles. The van der Waals surface area contributed by atoms with Gasteiger partial charge in [0.25, 0.3) is 0 Å². The third-order valence-corrected chi connectivity index (χ3v) is 10.4. The number of sulfonamides is 1. The Morgan fingerprint density at radius 3 is 2.30 bits per heavy atom. The number of morpholine rings is 1. The van der Waals surface area contributed by atoms with E-state index in [2.05, 4.69) is 11.8 Å². The second-order valence-corrected chi connectivity index (χ2v) is 12.6. The molecule has 0 aliphatic carbocycles. The molecule has 3 saturated heterocycles. The second kappa shape index (κ2) is 12.4. The van der Waals surface area contributed by atoms with Crippen LogP contribution in [0.5, 0.6) is 5.75 Å². The number of rotatable bonds is 8. The Morgan fingerprint density at radius 1 is 1.03 bits per heavy atom. The summed E-state index contributed by atoms with van der Waals surface area (Å²) < 4.78 is 45.4. The minimum atomic E-state index is -3.77. The van der Waals surface area contributed by atoms with Crippen molar-refractivity contribution in [2.45, 2.75) is 63.4 Å². The van der Waals surface area contributed by atoms with Crippen molar-refractivity contribution in [2.24, 2.45) is 5.92 Å². The average molecular weight is 538 g/mol. The SMILES string of the molecule is COc1cc(C)c(S(=O)(=O)N2CCOC[C@H]2COCC(=O)N2CCC(N3CCC(C)CC3)CC2)c(C)c1. The predicted octanol–water partition coefficient (Wildman–Crippen LogP) is 2.44. The molecule has 1 aromatic carbocycles. The molecule has 0 aromatic heterocycles. The minimum Gasteiger partial charge on any atom is -0.497 e. The zero-order valence-electron chi connectivity index (χ0n) is 22.8. The molecule has 37 heavy (non-hydrogen) atoms. The Kier molecular flexibility index (Phi) is 9.50. The number of benzene rings is 1. The van der Waals surface area contributed by atoms with Crippen LogP contribution in [0.1, 0.15) is 43.7 Å². The molecule has 9 nitrogen and oxygen atoms in total. The molecule has 0 bridgehead atoms. The van der Waals surface area contributed by atoms with Crippen molar-refractivity contribution < 1.29 is 27.4 Å². The number of nitrogens with zero attached hydrogens (tertiary/aromatic N) is 3. The molecular weight excluding hydrogens is 494 g/mol. The lowest BCUT2D eigenvalue weighted by Gasteiger charge is -2.41. The van der Waals surface area contributed by atoms with E-state index in [9.17, 15) is 13.2 Å². The molecule has 0 radical (unpaired) electrons. The molecular formula is C27H43N3O6S. The lowest BCUT2D eigenvalue weighted by Crippen LogP contribution is -2.51. The maximum Gasteiger partial charge on any atom is 0.248 e. The summed E-state index contributed by atoms with van der Waals surface area (Å²) in [5, 5.41) is 0. The number of hydrogen-bond donors (Lipinski definition) is 0. The van der Waals surface area contributed by atoms with Crippen molar-refractivity contribution in [3.63, 3.8) is 0 Å². The van der Waals surface area contributed by atoms with Gasteiger partial charge in [-0.05, 0) is 81.8 Å². The Morgan fingerprint density at radius 2 is 1.68 bits per heavy atom. The smallest absolute Gasteiger partial charge is 0.248 e. The van der Waals surface area contributed by atoms with Crippen molar-refractivity contribution in [3.8, 4) is 5.75 Å². The normalized spacial score (nSPS) is 23.4. The number of carbonyl (C=O) groups is 1. The first-order valence-electron chi connectivity index (χ1n) is 13.5. The van der Waals surface area contributed by atoms with Crippen molar-refractivity contribution in [2.75, 3.05) is 66.3 Å². The van der Waals surface area contributed by atoms with Gasteiger partial charge in [-0.3, -0.25) is 4.79 Å². The van der Waals surface area contributed by atoms with Gasteiger partial charge in [0, 0.05) is 25.7 Å². The largest absolute Gasteiger partial charge is 0.497 e. The van der Waals surface area contributed by atoms with Crippen molar-refractivity contribution in [3.05, 3.63) is 23.3 Å². The van der Waals surface area contributed by atoms with Gasteiger partial charge in [-0.15, -0.1) is 0 Å². The Labute approximate surface area is 222 Å². The van der Waals surface area contributed by atoms with Crippen LogP contribution in [-0.2, 0) is 24.3 Å². The fourth-order valence-electron chi connectivity index (χ4n) is 5.89. The number of amides is 1. The minimum absolute atomic E-state index is 0.0290. The molecule has 0 N–H and O–H groups in total. The summed E-state index contributed by atoms with van der Waals surface area (Å²) in [7, 11) is -2.21. The van der Waals surface area contributed by atoms with Gasteiger partial charge in [0.2, 0.25) is 15.9 Å². The van der Waals surface area contributed by atoms with Crippen LogP contribution in [0.3, 0.4) is 0 Å². The van der Waals surface area contributed by atoms with Crippen molar-refractivity contribution in [1.29, 1.82) is 0 Å². The van der Waals surface area contributed by atoms with Gasteiger partial charge in [-0.2, -0.15) is 4.31 Å². The molecule has 1 atom stereocenters. The summed E-state index contributed by atoms with van der Waals surface area (Å²) in [5.41, 5.74) is 1.28. The number of ether oxygens (including phenoxy) is 3. The number of hydrogen-bond acceptors (Lipinski definition) is 7. The van der Waals surface area contributed by atoms with Gasteiger partial charge in [0.1, 0.15) is 12.4 Å². The average Bonchev–Trinajstić information content (AvgIpc) is 2.88. The number of likely N-dealkylation sites (tertiary alicyclic amines) is 2. The van der Waals surface area contributed by atoms with Crippen LogP contribution in [0.2, 0.25) is 0 Å². The maximum atomic E-state index is 13.7. The molecule has 0 spiro atoms. The molecule has 0 unspecified atom stereocenters. The lowest BCUT2D eigenvalue weighted by molar-refractivity contribution is -0.138. The second-order valence-electron chi connectivity index (χ2n) is 10.8. The number of piperidine rings is 2. The third-order valence-electron chi connectivity index (χ3n) is 8.10. The van der Waals surface area contributed by atoms with Crippen LogP contribution in [0.15, 0.2) is 17.0 Å². The Bertz CT molecular complexity index is 1010. The monoisotopic (exact) mass is 537 g/mol. The highest BCUT2D eigenvalue weighted by Crippen LogP contribution is 2.30. The van der Waals surface area contributed by atoms with Crippen LogP contribution in [0.25, 0.3) is 0 Å². The summed E-state index contributed by atoms with van der Waals surface area (Å²) in [6.45, 7) is 10.6. The van der Waals surface area contributed by atoms with E-state index < -0.39 is 16.1 Å². The van der Waals surface area contributed by atoms with Gasteiger partial charge in [0.15, 0.2) is 0 Å². The van der Waals surface area contributed by atoms with Crippen LogP contribution >= 0.6 is 0 Å². The predicted molar refractivity (Wildman–Crippen MR) is 141 cm³/mol. The highest BCUT2D eigenvalue weighted by Gasteiger charge is 2.36. The topological polar surface area (TPSA) is 88.6 Å². The maximum absolute atomic E-state index is 13.7. The fraction of sp³-hybridized carbons (Fsp3) is 0.741. The molecule has 1 amide bonds. The van der Waals surface area contributed by atoms with Crippen LogP contribution < -0.4 is 4.74 Å². The quantitative estimate of drug-likeness (QED) is 0.503. The lowest BCUT2D eigenvalue weighted by atomic mass is 9.95. The fourth-order valence-corrected chi connectivity index (χ4v) is 7.88. The number of carbonyl (C=O) groups excluding carboxylic acids is 1. The molecule has 0 saturated carbocycles. The Hall–Kier alpha value is -1.72. The van der Waals surface area contributed by atoms with Gasteiger partial charge >= 0.3 is 0 Å². The van der Waals surface area contributed by atoms with E-state index in [1.54, 1.807) is 33.1 Å². The molecule has 1 aromatic rings. The van der Waals surface area contributed by atoms with Crippen molar-refractivity contribution in [1.82, 2.24) is 14.1 Å². The molecule has 208 valence electrons. The zero-order chi connectivity index (χ0) is 26.6. The summed E-state index contributed by atoms with van der Waals surface area (Å²) >= 11 is 0. The molecule has 10 heteroatoms. The van der Waals surface area contributed by atoms with Gasteiger partial charge in [0.05, 0.1) is 37.9 Å².